The van der Waals surface area contributed by atoms with Crippen LogP contribution in [-0.4, -0.2) is 34.9 Å². The maximum absolute atomic E-state index is 12.3. The lowest BCUT2D eigenvalue weighted by Crippen LogP contribution is -2.29. The van der Waals surface area contributed by atoms with Gasteiger partial charge in [-0.25, -0.2) is 0 Å². The van der Waals surface area contributed by atoms with Crippen molar-refractivity contribution in [3.63, 3.8) is 0 Å². The van der Waals surface area contributed by atoms with Crippen LogP contribution in [0.2, 0.25) is 0 Å². The van der Waals surface area contributed by atoms with Crippen LogP contribution in [0.4, 0.5) is 11.4 Å². The average Bonchev–Trinajstić information content (AvgIpc) is 2.81. The first-order chi connectivity index (χ1) is 15.1. The first kappa shape index (κ1) is 21.4. The van der Waals surface area contributed by atoms with Crippen molar-refractivity contribution in [3.05, 3.63) is 65.7 Å². The van der Waals surface area contributed by atoms with E-state index in [0.717, 1.165) is 46.2 Å². The Hall–Kier alpha value is -2.86. The monoisotopic (exact) mass is 432 g/mol. The first-order valence-electron chi connectivity index (χ1n) is 10.8. The van der Waals surface area contributed by atoms with Crippen molar-refractivity contribution in [1.82, 2.24) is 10.2 Å². The van der Waals surface area contributed by atoms with E-state index in [-0.39, 0.29) is 5.91 Å². The average molecular weight is 433 g/mol. The quantitative estimate of drug-likeness (QED) is 0.523. The van der Waals surface area contributed by atoms with E-state index >= 15 is 0 Å². The number of aromatic nitrogens is 2. The highest BCUT2D eigenvalue weighted by molar-refractivity contribution is 7.99. The summed E-state index contributed by atoms with van der Waals surface area (Å²) in [5.41, 5.74) is 6.21. The number of rotatable bonds is 6. The minimum atomic E-state index is -0.0436. The number of amides is 1. The minimum absolute atomic E-state index is 0.0436. The van der Waals surface area contributed by atoms with Gasteiger partial charge in [-0.3, -0.25) is 4.79 Å². The SMILES string of the molecule is Cc1ccc(C)c(NC(=O)CSc2ccc(-c3ccc(N4CCCCC4)cc3)nn2)c1. The van der Waals surface area contributed by atoms with E-state index < -0.39 is 0 Å². The molecule has 0 radical (unpaired) electrons. The third kappa shape index (κ3) is 5.64. The van der Waals surface area contributed by atoms with Gasteiger partial charge in [0.15, 0.2) is 0 Å². The molecule has 1 N–H and O–H groups in total. The van der Waals surface area contributed by atoms with E-state index in [9.17, 15) is 4.79 Å². The van der Waals surface area contributed by atoms with Crippen LogP contribution in [0.5, 0.6) is 0 Å². The zero-order valence-corrected chi connectivity index (χ0v) is 18.9. The van der Waals surface area contributed by atoms with Crippen LogP contribution in [0.15, 0.2) is 59.6 Å². The van der Waals surface area contributed by atoms with E-state index in [1.165, 1.54) is 36.7 Å². The molecule has 160 valence electrons. The van der Waals surface area contributed by atoms with Gasteiger partial charge in [-0.05, 0) is 74.6 Å². The Balaban J connectivity index is 1.32. The van der Waals surface area contributed by atoms with Gasteiger partial charge >= 0.3 is 0 Å². The molecular formula is C25H28N4OS. The van der Waals surface area contributed by atoms with Crippen molar-refractivity contribution in [2.45, 2.75) is 38.1 Å². The van der Waals surface area contributed by atoms with Crippen molar-refractivity contribution < 1.29 is 4.79 Å². The maximum atomic E-state index is 12.3. The van der Waals surface area contributed by atoms with E-state index in [1.54, 1.807) is 0 Å². The molecule has 0 spiro atoms. The highest BCUT2D eigenvalue weighted by Gasteiger charge is 2.11. The van der Waals surface area contributed by atoms with Crippen molar-refractivity contribution in [3.8, 4) is 11.3 Å². The van der Waals surface area contributed by atoms with Crippen molar-refractivity contribution in [2.75, 3.05) is 29.1 Å². The first-order valence-corrected chi connectivity index (χ1v) is 11.8. The van der Waals surface area contributed by atoms with Crippen LogP contribution in [-0.2, 0) is 4.79 Å². The summed E-state index contributed by atoms with van der Waals surface area (Å²) in [4.78, 5) is 14.8. The molecule has 3 aromatic rings. The van der Waals surface area contributed by atoms with E-state index in [0.29, 0.717) is 5.75 Å². The van der Waals surface area contributed by atoms with Crippen molar-refractivity contribution in [1.29, 1.82) is 0 Å². The van der Waals surface area contributed by atoms with Gasteiger partial charge in [0.2, 0.25) is 5.91 Å². The van der Waals surface area contributed by atoms with E-state index in [1.807, 2.05) is 44.2 Å². The molecular weight excluding hydrogens is 404 g/mol. The number of aryl methyl sites for hydroxylation is 2. The Labute approximate surface area is 188 Å². The number of hydrogen-bond acceptors (Lipinski definition) is 5. The molecule has 2 heterocycles. The predicted octanol–water partition coefficient (Wildman–Crippen LogP) is 5.48. The fourth-order valence-corrected chi connectivity index (χ4v) is 4.36. The summed E-state index contributed by atoms with van der Waals surface area (Å²) in [5.74, 6) is 0.254. The summed E-state index contributed by atoms with van der Waals surface area (Å²) < 4.78 is 0. The van der Waals surface area contributed by atoms with Gasteiger partial charge in [-0.15, -0.1) is 10.2 Å². The Kier molecular flexibility index (Phi) is 6.87. The molecule has 0 saturated carbocycles. The zero-order valence-electron chi connectivity index (χ0n) is 18.1. The van der Waals surface area contributed by atoms with Crippen LogP contribution in [0, 0.1) is 13.8 Å². The summed E-state index contributed by atoms with van der Waals surface area (Å²) in [7, 11) is 0. The molecule has 6 heteroatoms. The van der Waals surface area contributed by atoms with Crippen LogP contribution in [0.1, 0.15) is 30.4 Å². The lowest BCUT2D eigenvalue weighted by molar-refractivity contribution is -0.113. The molecule has 4 rings (SSSR count). The molecule has 31 heavy (non-hydrogen) atoms. The Bertz CT molecular complexity index is 1030. The molecule has 1 aliphatic heterocycles. The van der Waals surface area contributed by atoms with Crippen LogP contribution in [0.25, 0.3) is 11.3 Å². The fraction of sp³-hybridized carbons (Fsp3) is 0.320. The van der Waals surface area contributed by atoms with Crippen LogP contribution in [0.3, 0.4) is 0 Å². The second kappa shape index (κ2) is 9.96. The standard InChI is InChI=1S/C25H28N4OS/c1-18-6-7-19(2)23(16-18)26-24(30)17-31-25-13-12-22(27-28-25)20-8-10-21(11-9-20)29-14-4-3-5-15-29/h6-13,16H,3-5,14-15,17H2,1-2H3,(H,26,30). The van der Waals surface area contributed by atoms with E-state index in [4.69, 9.17) is 0 Å². The second-order valence-electron chi connectivity index (χ2n) is 8.01. The Morgan fingerprint density at radius 2 is 1.74 bits per heavy atom. The topological polar surface area (TPSA) is 58.1 Å². The number of anilines is 2. The molecule has 1 amide bonds. The van der Waals surface area contributed by atoms with Gasteiger partial charge in [0.05, 0.1) is 11.4 Å². The lowest BCUT2D eigenvalue weighted by atomic mass is 10.1. The third-order valence-corrected chi connectivity index (χ3v) is 6.46. The smallest absolute Gasteiger partial charge is 0.234 e. The fourth-order valence-electron chi connectivity index (χ4n) is 3.74. The molecule has 0 bridgehead atoms. The number of piperidine rings is 1. The van der Waals surface area contributed by atoms with Crippen molar-refractivity contribution in [2.24, 2.45) is 0 Å². The summed E-state index contributed by atoms with van der Waals surface area (Å²) in [6, 6.07) is 18.5. The third-order valence-electron chi connectivity index (χ3n) is 5.54. The molecule has 1 aliphatic rings. The highest BCUT2D eigenvalue weighted by Crippen LogP contribution is 2.25. The number of nitrogens with one attached hydrogen (secondary N) is 1. The van der Waals surface area contributed by atoms with Gasteiger partial charge in [-0.1, -0.05) is 36.0 Å². The number of carbonyl (C=O) groups is 1. The molecule has 1 aromatic heterocycles. The molecule has 1 fully saturated rings. The summed E-state index contributed by atoms with van der Waals surface area (Å²) in [6.07, 6.45) is 3.88. The molecule has 2 aromatic carbocycles. The summed E-state index contributed by atoms with van der Waals surface area (Å²) in [6.45, 7) is 6.29. The van der Waals surface area contributed by atoms with Crippen molar-refractivity contribution >= 4 is 29.0 Å². The molecule has 5 nitrogen and oxygen atoms in total. The molecule has 0 atom stereocenters. The molecule has 0 unspecified atom stereocenters. The lowest BCUT2D eigenvalue weighted by Gasteiger charge is -2.28. The van der Waals surface area contributed by atoms with E-state index in [2.05, 4.69) is 44.7 Å². The maximum Gasteiger partial charge on any atom is 0.234 e. The Morgan fingerprint density at radius 3 is 2.45 bits per heavy atom. The van der Waals surface area contributed by atoms with Gasteiger partial charge in [0.25, 0.3) is 0 Å². The number of hydrogen-bond donors (Lipinski definition) is 1. The highest BCUT2D eigenvalue weighted by atomic mass is 32.2. The predicted molar refractivity (Wildman–Crippen MR) is 129 cm³/mol. The minimum Gasteiger partial charge on any atom is -0.372 e. The van der Waals surface area contributed by atoms with Gasteiger partial charge < -0.3 is 10.2 Å². The normalized spacial score (nSPS) is 13.8. The second-order valence-corrected chi connectivity index (χ2v) is 9.00. The number of benzene rings is 2. The molecule has 1 saturated heterocycles. The van der Waals surface area contributed by atoms with Crippen LogP contribution < -0.4 is 10.2 Å². The van der Waals surface area contributed by atoms with Gasteiger partial charge in [0.1, 0.15) is 5.03 Å². The molecule has 0 aliphatic carbocycles. The van der Waals surface area contributed by atoms with Gasteiger partial charge in [0, 0.05) is 30.0 Å². The Morgan fingerprint density at radius 1 is 0.968 bits per heavy atom. The summed E-state index contributed by atoms with van der Waals surface area (Å²) >= 11 is 1.39. The summed E-state index contributed by atoms with van der Waals surface area (Å²) in [5, 5.41) is 12.4. The zero-order chi connectivity index (χ0) is 21.6. The number of nitrogens with zero attached hydrogens (tertiary/aromatic N) is 3. The largest absolute Gasteiger partial charge is 0.372 e. The number of carbonyl (C=O) groups excluding carboxylic acids is 1. The van der Waals surface area contributed by atoms with Gasteiger partial charge in [-0.2, -0.15) is 0 Å². The van der Waals surface area contributed by atoms with Crippen LogP contribution >= 0.6 is 11.8 Å². The number of thioether (sulfide) groups is 1.